The lowest BCUT2D eigenvalue weighted by Gasteiger charge is -2.31. The van der Waals surface area contributed by atoms with Crippen molar-refractivity contribution < 1.29 is 52.2 Å². The van der Waals surface area contributed by atoms with E-state index in [0.717, 1.165) is 35.7 Å². The summed E-state index contributed by atoms with van der Waals surface area (Å²) in [5.41, 5.74) is 4.83. The van der Waals surface area contributed by atoms with Crippen LogP contribution in [-0.2, 0) is 56.3 Å². The summed E-state index contributed by atoms with van der Waals surface area (Å²) in [6, 6.07) is 11.4. The Hall–Kier alpha value is -7.66. The minimum absolute atomic E-state index is 0.00315. The molecule has 19 nitrogen and oxygen atoms in total. The molecule has 0 radical (unpaired) electrons. The van der Waals surface area contributed by atoms with E-state index in [9.17, 15) is 47.4 Å². The van der Waals surface area contributed by atoms with Crippen LogP contribution in [0.25, 0.3) is 5.57 Å². The average Bonchev–Trinajstić information content (AvgIpc) is 3.86. The van der Waals surface area contributed by atoms with E-state index in [1.165, 1.54) is 64.9 Å². The molecule has 3 aromatic rings. The number of carbonyl (C=O) groups is 8. The van der Waals surface area contributed by atoms with Crippen LogP contribution in [0.1, 0.15) is 94.2 Å². The molecule has 0 aromatic heterocycles. The minimum atomic E-state index is -1.41. The van der Waals surface area contributed by atoms with Gasteiger partial charge in [-0.3, -0.25) is 48.3 Å². The number of phenolic OH excluding ortho intramolecular Hbond substituents is 1. The Morgan fingerprint density at radius 1 is 0.671 bits per heavy atom. The Bertz CT molecular complexity index is 3320. The highest BCUT2D eigenvalue weighted by molar-refractivity contribution is 7.98. The van der Waals surface area contributed by atoms with Crippen LogP contribution in [0.4, 0.5) is 8.78 Å². The van der Waals surface area contributed by atoms with Crippen molar-refractivity contribution in [3.63, 3.8) is 0 Å². The van der Waals surface area contributed by atoms with Gasteiger partial charge in [0.15, 0.2) is 0 Å². The summed E-state index contributed by atoms with van der Waals surface area (Å²) in [6.07, 6.45) is 8.03. The second-order valence-corrected chi connectivity index (χ2v) is 24.3. The highest BCUT2D eigenvalue weighted by Crippen LogP contribution is 2.33. The van der Waals surface area contributed by atoms with Crippen molar-refractivity contribution in [2.24, 2.45) is 9.98 Å². The maximum absolute atomic E-state index is 15.1. The number of amides is 8. The maximum atomic E-state index is 15.1. The first kappa shape index (κ1) is 61.9. The molecule has 1 aliphatic carbocycles. The largest absolute Gasteiger partial charge is 0.508 e. The molecule has 85 heavy (non-hydrogen) atoms. The lowest BCUT2D eigenvalue weighted by atomic mass is 9.96. The first-order valence-electron chi connectivity index (χ1n) is 29.1. The van der Waals surface area contributed by atoms with Crippen molar-refractivity contribution in [1.29, 1.82) is 0 Å². The van der Waals surface area contributed by atoms with E-state index in [0.29, 0.717) is 76.5 Å². The number of thioether (sulfide) groups is 2. The number of aliphatic imine (C=N–C) groups is 1. The van der Waals surface area contributed by atoms with E-state index < -0.39 is 89.9 Å². The van der Waals surface area contributed by atoms with Gasteiger partial charge in [-0.15, -0.1) is 0 Å². The number of hydrogen-bond acceptors (Lipinski definition) is 13. The van der Waals surface area contributed by atoms with Gasteiger partial charge in [0.1, 0.15) is 53.6 Å². The minimum Gasteiger partial charge on any atom is -0.508 e. The summed E-state index contributed by atoms with van der Waals surface area (Å²) in [6.45, 7) is 1.78. The number of allylic oxidation sites excluding steroid dienone is 3. The number of aromatic hydroxyl groups is 1. The normalized spacial score (nSPS) is 25.0. The van der Waals surface area contributed by atoms with Gasteiger partial charge in [-0.25, -0.2) is 8.78 Å². The van der Waals surface area contributed by atoms with Gasteiger partial charge in [0.25, 0.3) is 0 Å². The Morgan fingerprint density at radius 3 is 2.11 bits per heavy atom. The number of phenols is 1. The number of fused-ring (bicyclic) bond motifs is 6. The second kappa shape index (κ2) is 29.4. The number of carbonyl (C=O) groups excluding carboxylic acids is 8. The van der Waals surface area contributed by atoms with Gasteiger partial charge < -0.3 is 46.8 Å². The highest BCUT2D eigenvalue weighted by Gasteiger charge is 2.42. The molecule has 2 fully saturated rings. The summed E-state index contributed by atoms with van der Waals surface area (Å²) in [7, 11) is 0. The Morgan fingerprint density at radius 2 is 1.36 bits per heavy atom. The zero-order valence-corrected chi connectivity index (χ0v) is 49.1. The lowest BCUT2D eigenvalue weighted by molar-refractivity contribution is -0.143. The zero-order valence-electron chi connectivity index (χ0n) is 47.5. The smallest absolute Gasteiger partial charge is 0.246 e. The van der Waals surface area contributed by atoms with E-state index in [1.807, 2.05) is 6.07 Å². The van der Waals surface area contributed by atoms with Crippen molar-refractivity contribution in [3.8, 4) is 5.75 Å². The summed E-state index contributed by atoms with van der Waals surface area (Å²) in [5.74, 6) is -2.67. The number of benzene rings is 3. The first-order valence-corrected chi connectivity index (χ1v) is 31.4. The molecule has 9 rings (SSSR count). The van der Waals surface area contributed by atoms with Crippen LogP contribution in [-0.4, -0.2) is 149 Å². The standard InChI is InChI=1S/C62H72F2N10O9S2/c1-37-57(78)71-51(27-38-13-17-45(75)18-14-38)61(82)73-22-6-10-53(73)59(80)65-21-25-85-36-40-9-5-8-39(26-40)35-84-24-4-2-3-12-55(76)68-34-56(77)70-50(28-41-32-66-48-19-15-43(63)30-46(41)48)58(79)72-52(62(83)74-23-7-11-54(74)60(81)69-37)29-42-33-67-49-20-16-44(64)31-47(42)49/h5,8-9,13-14,16-20,26,30-32,37,50-54,75H,2-4,6-7,10-12,15,21-25,27-29,33-36H2,1H3,(H,65,80)(H,68,76)(H,69,81)(H,70,77)(H,71,78)(H,72,79)/t37-,50-,51-,52-,53?,54-/m0/s1. The van der Waals surface area contributed by atoms with E-state index in [1.54, 1.807) is 41.7 Å². The Balaban J connectivity index is 0.965. The Kier molecular flexibility index (Phi) is 21.4. The summed E-state index contributed by atoms with van der Waals surface area (Å²) < 4.78 is 29.5. The van der Waals surface area contributed by atoms with Gasteiger partial charge in [-0.2, -0.15) is 23.5 Å². The predicted octanol–water partition coefficient (Wildman–Crippen LogP) is 3.77. The van der Waals surface area contributed by atoms with Gasteiger partial charge in [0, 0.05) is 86.0 Å². The Labute approximate surface area is 500 Å². The summed E-state index contributed by atoms with van der Waals surface area (Å²) in [4.78, 5) is 125. The summed E-state index contributed by atoms with van der Waals surface area (Å²) in [5, 5.41) is 27.7. The fourth-order valence-electron chi connectivity index (χ4n) is 11.3. The molecule has 5 heterocycles. The third-order valence-electron chi connectivity index (χ3n) is 15.8. The van der Waals surface area contributed by atoms with Gasteiger partial charge in [-0.1, -0.05) is 48.9 Å². The zero-order chi connectivity index (χ0) is 60.0. The number of rotatable bonds is 6. The molecule has 6 atom stereocenters. The first-order chi connectivity index (χ1) is 41.1. The topological polar surface area (TPSA) is 260 Å². The van der Waals surface area contributed by atoms with Crippen LogP contribution in [0.3, 0.4) is 0 Å². The molecule has 8 amide bonds. The SMILES string of the molecule is C[C@@H]1NC(=O)[C@@H]2CCCN2C(=O)[C@H](CC2=c3cc(F)ccc3=NC2)NC(=O)[C@H](CC2=C3C=C(F)CC=C3N=C2)NC(=O)CNC(=O)CCCCCSCc2cccc(c2)CSCCNC(=O)C2CCCN2C(=O)[C@H](Cc2ccc(O)cc2)NC1=O. The van der Waals surface area contributed by atoms with Gasteiger partial charge in [0.2, 0.25) is 47.3 Å². The molecule has 7 N–H and O–H groups in total. The summed E-state index contributed by atoms with van der Waals surface area (Å²) >= 11 is 3.48. The van der Waals surface area contributed by atoms with Crippen LogP contribution < -0.4 is 42.5 Å². The third kappa shape index (κ3) is 16.6. The van der Waals surface area contributed by atoms with Crippen molar-refractivity contribution in [1.82, 2.24) is 41.7 Å². The van der Waals surface area contributed by atoms with Gasteiger partial charge in [0.05, 0.1) is 24.1 Å². The average molecular weight is 1200 g/mol. The van der Waals surface area contributed by atoms with Crippen LogP contribution in [0.15, 0.2) is 112 Å². The quantitative estimate of drug-likeness (QED) is 0.187. The molecule has 450 valence electrons. The van der Waals surface area contributed by atoms with E-state index in [-0.39, 0.29) is 75.7 Å². The molecule has 3 aromatic carbocycles. The van der Waals surface area contributed by atoms with Gasteiger partial charge >= 0.3 is 0 Å². The van der Waals surface area contributed by atoms with Gasteiger partial charge in [-0.05, 0) is 115 Å². The molecule has 0 saturated carbocycles. The molecule has 6 aliphatic rings. The number of hydrogen-bond donors (Lipinski definition) is 7. The molecule has 0 spiro atoms. The molecular weight excluding hydrogens is 1130 g/mol. The van der Waals surface area contributed by atoms with Crippen molar-refractivity contribution in [2.75, 3.05) is 44.2 Å². The van der Waals surface area contributed by atoms with Crippen LogP contribution in [0.2, 0.25) is 0 Å². The van der Waals surface area contributed by atoms with Crippen LogP contribution >= 0.6 is 23.5 Å². The van der Waals surface area contributed by atoms with E-state index >= 15 is 4.79 Å². The number of nitrogens with zero attached hydrogens (tertiary/aromatic N) is 4. The lowest BCUT2D eigenvalue weighted by Crippen LogP contribution is -2.59. The number of halogens is 2. The molecule has 5 aliphatic heterocycles. The fourth-order valence-corrected chi connectivity index (χ4v) is 13.1. The van der Waals surface area contributed by atoms with Crippen molar-refractivity contribution in [3.05, 3.63) is 135 Å². The molecule has 23 heteroatoms. The molecule has 2 saturated heterocycles. The molecule has 2 bridgehead atoms. The fraction of sp³-hybridized carbons (Fsp3) is 0.452. The highest BCUT2D eigenvalue weighted by atomic mass is 32.2. The van der Waals surface area contributed by atoms with Crippen molar-refractivity contribution >= 4 is 82.6 Å². The van der Waals surface area contributed by atoms with E-state index in [4.69, 9.17) is 0 Å². The van der Waals surface area contributed by atoms with Crippen LogP contribution in [0, 0.1) is 5.82 Å². The van der Waals surface area contributed by atoms with Crippen molar-refractivity contribution in [2.45, 2.75) is 132 Å². The maximum Gasteiger partial charge on any atom is 0.246 e. The molecular formula is C62H72F2N10O9S2. The van der Waals surface area contributed by atoms with Crippen LogP contribution in [0.5, 0.6) is 5.75 Å². The monoisotopic (exact) mass is 1200 g/mol. The van der Waals surface area contributed by atoms with E-state index in [2.05, 4.69) is 60.1 Å². The number of nitrogens with one attached hydrogen (secondary N) is 6. The predicted molar refractivity (Wildman–Crippen MR) is 320 cm³/mol. The second-order valence-electron chi connectivity index (χ2n) is 22.1. The third-order valence-corrected chi connectivity index (χ3v) is 18.0. The molecule has 1 unspecified atom stereocenters.